The van der Waals surface area contributed by atoms with Crippen molar-refractivity contribution in [3.05, 3.63) is 58.6 Å². The molecule has 1 heterocycles. The highest BCUT2D eigenvalue weighted by Crippen LogP contribution is 2.30. The first-order valence-electron chi connectivity index (χ1n) is 14.6. The number of allylic oxidation sites excluding steroid dienone is 4. The van der Waals surface area contributed by atoms with Gasteiger partial charge in [-0.3, -0.25) is 19.2 Å². The summed E-state index contributed by atoms with van der Waals surface area (Å²) in [4.78, 5) is 63.9. The summed E-state index contributed by atoms with van der Waals surface area (Å²) in [6, 6.07) is 0. The molecular formula is C32H46ClN3O10. The van der Waals surface area contributed by atoms with E-state index in [0.29, 0.717) is 12.0 Å². The molecule has 0 saturated heterocycles. The van der Waals surface area contributed by atoms with Crippen LogP contribution in [0.2, 0.25) is 0 Å². The third-order valence-electron chi connectivity index (χ3n) is 7.53. The first-order chi connectivity index (χ1) is 21.3. The number of esters is 1. The second-order valence-corrected chi connectivity index (χ2v) is 11.1. The maximum Gasteiger partial charge on any atom is 0.405 e. The van der Waals surface area contributed by atoms with Crippen molar-refractivity contribution in [3.63, 3.8) is 0 Å². The number of hydrogen-bond donors (Lipinski definition) is 3. The molecule has 256 valence electrons. The fraction of sp³-hybridized carbons (Fsp3) is 0.531. The second-order valence-electron chi connectivity index (χ2n) is 11.1. The Hall–Kier alpha value is -3.78. The molecule has 6 atom stereocenters. The number of amides is 2. The summed E-state index contributed by atoms with van der Waals surface area (Å²) in [6.07, 6.45) is 3.46. The zero-order chi connectivity index (χ0) is 33.8. The average molecular weight is 668 g/mol. The quantitative estimate of drug-likeness (QED) is 0.205. The van der Waals surface area contributed by atoms with Crippen molar-refractivity contribution < 1.29 is 47.7 Å². The van der Waals surface area contributed by atoms with E-state index in [1.54, 1.807) is 19.1 Å². The Kier molecular flexibility index (Phi) is 16.6. The number of halogens is 1. The Morgan fingerprint density at radius 3 is 2.28 bits per heavy atom. The van der Waals surface area contributed by atoms with Gasteiger partial charge in [0.25, 0.3) is 5.91 Å². The van der Waals surface area contributed by atoms with Crippen molar-refractivity contribution in [2.24, 2.45) is 23.3 Å². The molecule has 46 heavy (non-hydrogen) atoms. The normalized spacial score (nSPS) is 29.6. The number of carbonyl (C=O) groups is 5. The predicted octanol–water partition coefficient (Wildman–Crippen LogP) is 2.73. The van der Waals surface area contributed by atoms with E-state index in [1.165, 1.54) is 40.4 Å². The molecule has 0 radical (unpaired) electrons. The number of Topliss-reactive ketones (excluding diaryl/α,β-unsaturated/α-hetero) is 1. The number of ketones is 2. The lowest BCUT2D eigenvalue weighted by molar-refractivity contribution is -0.160. The van der Waals surface area contributed by atoms with Crippen molar-refractivity contribution in [1.29, 1.82) is 0 Å². The largest absolute Gasteiger partial charge is 0.492 e. The highest BCUT2D eigenvalue weighted by molar-refractivity contribution is 6.23. The summed E-state index contributed by atoms with van der Waals surface area (Å²) in [7, 11) is 4.19. The van der Waals surface area contributed by atoms with Gasteiger partial charge >= 0.3 is 12.1 Å². The van der Waals surface area contributed by atoms with Crippen LogP contribution in [0.1, 0.15) is 47.0 Å². The van der Waals surface area contributed by atoms with Crippen LogP contribution in [0.3, 0.4) is 0 Å². The Morgan fingerprint density at radius 2 is 1.72 bits per heavy atom. The number of primary amides is 1. The van der Waals surface area contributed by atoms with Gasteiger partial charge in [-0.1, -0.05) is 38.2 Å². The molecule has 14 heteroatoms. The highest BCUT2D eigenvalue weighted by atomic mass is 35.5. The summed E-state index contributed by atoms with van der Waals surface area (Å²) >= 11 is 0. The van der Waals surface area contributed by atoms with Crippen LogP contribution in [0.4, 0.5) is 4.79 Å². The van der Waals surface area contributed by atoms with Crippen LogP contribution in [0, 0.1) is 11.8 Å². The lowest BCUT2D eigenvalue weighted by Gasteiger charge is -2.32. The van der Waals surface area contributed by atoms with Crippen molar-refractivity contribution in [1.82, 2.24) is 5.32 Å². The van der Waals surface area contributed by atoms with Gasteiger partial charge in [-0.2, -0.15) is 0 Å². The molecule has 13 nitrogen and oxygen atoms in total. The second kappa shape index (κ2) is 19.0. The minimum absolute atomic E-state index is 0. The van der Waals surface area contributed by atoms with Gasteiger partial charge in [-0.05, 0) is 38.2 Å². The van der Waals surface area contributed by atoms with Crippen LogP contribution < -0.4 is 16.8 Å². The van der Waals surface area contributed by atoms with Crippen LogP contribution in [-0.4, -0.2) is 81.8 Å². The maximum absolute atomic E-state index is 13.5. The molecule has 0 aromatic rings. The van der Waals surface area contributed by atoms with E-state index in [9.17, 15) is 24.0 Å². The van der Waals surface area contributed by atoms with E-state index in [2.05, 4.69) is 5.32 Å². The van der Waals surface area contributed by atoms with E-state index in [1.807, 2.05) is 13.8 Å². The van der Waals surface area contributed by atoms with Gasteiger partial charge in [0.1, 0.15) is 12.2 Å². The van der Waals surface area contributed by atoms with Gasteiger partial charge in [-0.15, -0.1) is 12.4 Å². The van der Waals surface area contributed by atoms with Crippen molar-refractivity contribution in [2.45, 2.75) is 71.4 Å². The number of rotatable bonds is 7. The van der Waals surface area contributed by atoms with Crippen molar-refractivity contribution in [2.75, 3.05) is 27.9 Å². The molecule has 2 rings (SSSR count). The summed E-state index contributed by atoms with van der Waals surface area (Å²) < 4.78 is 28.0. The van der Waals surface area contributed by atoms with Gasteiger partial charge < -0.3 is 40.5 Å². The molecule has 0 unspecified atom stereocenters. The molecule has 1 aliphatic carbocycles. The zero-order valence-corrected chi connectivity index (χ0v) is 28.1. The van der Waals surface area contributed by atoms with E-state index >= 15 is 0 Å². The third kappa shape index (κ3) is 10.9. The van der Waals surface area contributed by atoms with Gasteiger partial charge in [-0.25, -0.2) is 4.79 Å². The van der Waals surface area contributed by atoms with Crippen LogP contribution in [0.15, 0.2) is 58.6 Å². The van der Waals surface area contributed by atoms with Gasteiger partial charge in [0.2, 0.25) is 11.6 Å². The number of nitrogens with one attached hydrogen (secondary N) is 1. The summed E-state index contributed by atoms with van der Waals surface area (Å²) in [5.41, 5.74) is 11.7. The standard InChI is InChI=1S/C32H45N3O10.ClH/c1-17-13-21-27(38)22(16-23(36)30(21)43-7)35-31(39)18(2)9-8-10-24(41-5)28(45-32(34)40)19(3)15-20(4)29(25(14-17)42-6)44-26(37)11-12-33;/h8-10,15-17,20,24-25,28-29H,11-14,33H2,1-7H3,(H2,34,40)(H,35,39);1H/b10-8-,18-9+,19-15+;/t17-,20-,24-,25+,28-,29+;/m1./s1. The van der Waals surface area contributed by atoms with Crippen LogP contribution in [0.25, 0.3) is 0 Å². The van der Waals surface area contributed by atoms with E-state index < -0.39 is 59.9 Å². The van der Waals surface area contributed by atoms with E-state index in [4.69, 9.17) is 35.2 Å². The van der Waals surface area contributed by atoms with Gasteiger partial charge in [0, 0.05) is 43.9 Å². The van der Waals surface area contributed by atoms with E-state index in [0.717, 1.165) is 6.08 Å². The Morgan fingerprint density at radius 1 is 1.04 bits per heavy atom. The van der Waals surface area contributed by atoms with Crippen LogP contribution in [0.5, 0.6) is 0 Å². The number of hydrogen-bond acceptors (Lipinski definition) is 11. The fourth-order valence-electron chi connectivity index (χ4n) is 5.28. The van der Waals surface area contributed by atoms with Gasteiger partial charge in [0.15, 0.2) is 11.9 Å². The lowest BCUT2D eigenvalue weighted by Crippen LogP contribution is -2.40. The lowest BCUT2D eigenvalue weighted by atomic mass is 9.85. The smallest absolute Gasteiger partial charge is 0.405 e. The number of fused-ring (bicyclic) bond motifs is 2. The predicted molar refractivity (Wildman–Crippen MR) is 171 cm³/mol. The molecule has 2 amide bonds. The molecule has 0 fully saturated rings. The molecule has 0 spiro atoms. The molecule has 2 aliphatic rings. The SMILES string of the molecule is COC1=C2C[C@@H](C)C[C@H](OC)[C@@H](OC(=O)CCN)[C@H](C)/C=C(\C)[C@@H](OC(N)=O)[C@H](OC)/C=C\C=C(/C)C(=O)NC(=CC1=O)C2=O.Cl. The molecular weight excluding hydrogens is 622 g/mol. The molecule has 0 aromatic carbocycles. The summed E-state index contributed by atoms with van der Waals surface area (Å²) in [5.74, 6) is -3.11. The minimum atomic E-state index is -1.03. The molecule has 2 bridgehead atoms. The number of ether oxygens (including phenoxy) is 5. The Labute approximate surface area is 275 Å². The molecule has 1 aliphatic heterocycles. The highest BCUT2D eigenvalue weighted by Gasteiger charge is 2.35. The molecule has 0 saturated carbocycles. The van der Waals surface area contributed by atoms with Crippen molar-refractivity contribution >= 4 is 41.9 Å². The Balaban J connectivity index is 0.0000106. The fourth-order valence-corrected chi connectivity index (χ4v) is 5.28. The average Bonchev–Trinajstić information content (AvgIpc) is 2.97. The summed E-state index contributed by atoms with van der Waals surface area (Å²) in [6.45, 7) is 7.01. The zero-order valence-electron chi connectivity index (χ0n) is 27.3. The Bertz CT molecular complexity index is 1300. The molecule has 0 aromatic heterocycles. The van der Waals surface area contributed by atoms with Crippen LogP contribution in [-0.2, 0) is 42.9 Å². The number of methoxy groups -OCH3 is 3. The van der Waals surface area contributed by atoms with Crippen LogP contribution >= 0.6 is 12.4 Å². The molecule has 5 N–H and O–H groups in total. The van der Waals surface area contributed by atoms with E-state index in [-0.39, 0.29) is 60.3 Å². The topological polar surface area (TPSA) is 196 Å². The minimum Gasteiger partial charge on any atom is -0.492 e. The first-order valence-corrected chi connectivity index (χ1v) is 14.6. The number of carbonyl (C=O) groups excluding carboxylic acids is 5. The van der Waals surface area contributed by atoms with Gasteiger partial charge in [0.05, 0.1) is 25.3 Å². The number of nitrogens with two attached hydrogens (primary N) is 2. The first kappa shape index (κ1) is 40.2. The summed E-state index contributed by atoms with van der Waals surface area (Å²) in [5, 5.41) is 2.53. The van der Waals surface area contributed by atoms with Crippen molar-refractivity contribution in [3.8, 4) is 0 Å². The maximum atomic E-state index is 13.5. The monoisotopic (exact) mass is 667 g/mol. The third-order valence-corrected chi connectivity index (χ3v) is 7.53.